The Morgan fingerprint density at radius 1 is 1.03 bits per heavy atom. The number of carbonyl (C=O) groups is 1. The van der Waals surface area contributed by atoms with E-state index in [-0.39, 0.29) is 35.0 Å². The van der Waals surface area contributed by atoms with Crippen molar-refractivity contribution in [2.75, 3.05) is 13.7 Å². The molecule has 2 aliphatic heterocycles. The second-order valence-corrected chi connectivity index (χ2v) is 7.82. The van der Waals surface area contributed by atoms with Gasteiger partial charge in [0, 0.05) is 12.5 Å². The van der Waals surface area contributed by atoms with Gasteiger partial charge in [-0.2, -0.15) is 0 Å². The van der Waals surface area contributed by atoms with Crippen LogP contribution in [0.5, 0.6) is 23.0 Å². The standard InChI is InChI=1S/C22H24O11/c1-30-13-3-2-9(5-12(13)25)14-6-10-4-11(24)7-15(17(10)21(29)31-14)32-22-20(28)19(27)18(26)16(8-23)33-22/h2-5,7,14,16,18-20,22-28H,6,8H2,1H3. The molecule has 0 aromatic heterocycles. The molecule has 6 unspecified atom stereocenters. The number of aliphatic hydroxyl groups is 4. The van der Waals surface area contributed by atoms with Gasteiger partial charge in [0.2, 0.25) is 6.29 Å². The van der Waals surface area contributed by atoms with Crippen LogP contribution in [0.3, 0.4) is 0 Å². The van der Waals surface area contributed by atoms with Crippen molar-refractivity contribution in [3.05, 3.63) is 47.0 Å². The van der Waals surface area contributed by atoms with Gasteiger partial charge in [-0.25, -0.2) is 4.79 Å². The molecule has 11 heteroatoms. The zero-order valence-corrected chi connectivity index (χ0v) is 17.5. The molecular formula is C22H24O11. The minimum absolute atomic E-state index is 0.0151. The number of benzene rings is 2. The molecule has 0 saturated carbocycles. The zero-order valence-electron chi connectivity index (χ0n) is 17.5. The number of aromatic hydroxyl groups is 2. The Morgan fingerprint density at radius 3 is 2.45 bits per heavy atom. The number of methoxy groups -OCH3 is 1. The fraction of sp³-hybridized carbons (Fsp3) is 0.409. The third kappa shape index (κ3) is 4.28. The Bertz CT molecular complexity index is 1040. The fourth-order valence-corrected chi connectivity index (χ4v) is 3.96. The van der Waals surface area contributed by atoms with Gasteiger partial charge in [0.05, 0.1) is 13.7 Å². The fourth-order valence-electron chi connectivity index (χ4n) is 3.96. The van der Waals surface area contributed by atoms with Crippen LogP contribution < -0.4 is 9.47 Å². The average molecular weight is 464 g/mol. The number of cyclic esters (lactones) is 1. The third-order valence-corrected chi connectivity index (χ3v) is 5.69. The van der Waals surface area contributed by atoms with Crippen molar-refractivity contribution in [3.63, 3.8) is 0 Å². The van der Waals surface area contributed by atoms with E-state index in [1.165, 1.54) is 25.3 Å². The summed E-state index contributed by atoms with van der Waals surface area (Å²) in [6, 6.07) is 7.07. The van der Waals surface area contributed by atoms with Gasteiger partial charge in [-0.3, -0.25) is 0 Å². The molecule has 4 rings (SSSR count). The average Bonchev–Trinajstić information content (AvgIpc) is 2.78. The summed E-state index contributed by atoms with van der Waals surface area (Å²) in [4.78, 5) is 12.9. The first-order chi connectivity index (χ1) is 15.7. The summed E-state index contributed by atoms with van der Waals surface area (Å²) in [6.07, 6.45) is -8.32. The maximum Gasteiger partial charge on any atom is 0.342 e. The van der Waals surface area contributed by atoms with Crippen LogP contribution in [0.15, 0.2) is 30.3 Å². The van der Waals surface area contributed by atoms with Gasteiger partial charge in [0.1, 0.15) is 47.6 Å². The van der Waals surface area contributed by atoms with Crippen molar-refractivity contribution >= 4 is 5.97 Å². The minimum atomic E-state index is -1.70. The quantitative estimate of drug-likeness (QED) is 0.322. The SMILES string of the molecule is COc1ccc(C2Cc3cc(O)cc(OC4OC(CO)C(O)C(O)C4O)c3C(=O)O2)cc1O. The predicted molar refractivity (Wildman–Crippen MR) is 109 cm³/mol. The van der Waals surface area contributed by atoms with Crippen LogP contribution in [0.4, 0.5) is 0 Å². The van der Waals surface area contributed by atoms with E-state index in [9.17, 15) is 35.4 Å². The van der Waals surface area contributed by atoms with Gasteiger partial charge in [-0.15, -0.1) is 0 Å². The second-order valence-electron chi connectivity index (χ2n) is 7.82. The molecule has 1 saturated heterocycles. The number of esters is 1. The molecule has 11 nitrogen and oxygen atoms in total. The lowest BCUT2D eigenvalue weighted by atomic mass is 9.93. The van der Waals surface area contributed by atoms with Crippen molar-refractivity contribution in [2.45, 2.75) is 43.2 Å². The van der Waals surface area contributed by atoms with Crippen LogP contribution in [0.2, 0.25) is 0 Å². The number of hydrogen-bond acceptors (Lipinski definition) is 11. The Hall–Kier alpha value is -3.09. The van der Waals surface area contributed by atoms with E-state index >= 15 is 0 Å². The van der Waals surface area contributed by atoms with Crippen LogP contribution in [-0.4, -0.2) is 81.0 Å². The van der Waals surface area contributed by atoms with Crippen LogP contribution in [0.25, 0.3) is 0 Å². The molecular weight excluding hydrogens is 440 g/mol. The van der Waals surface area contributed by atoms with E-state index in [4.69, 9.17) is 18.9 Å². The molecule has 2 aromatic rings. The predicted octanol–water partition coefficient (Wildman–Crippen LogP) is -0.261. The number of carbonyl (C=O) groups excluding carboxylic acids is 1. The van der Waals surface area contributed by atoms with E-state index < -0.39 is 49.4 Å². The van der Waals surface area contributed by atoms with E-state index in [0.29, 0.717) is 11.1 Å². The number of phenols is 2. The van der Waals surface area contributed by atoms with Gasteiger partial charge in [-0.05, 0) is 29.3 Å². The molecule has 33 heavy (non-hydrogen) atoms. The Morgan fingerprint density at radius 2 is 1.79 bits per heavy atom. The van der Waals surface area contributed by atoms with E-state index in [1.54, 1.807) is 6.07 Å². The molecule has 6 N–H and O–H groups in total. The van der Waals surface area contributed by atoms with Gasteiger partial charge in [0.25, 0.3) is 0 Å². The first-order valence-corrected chi connectivity index (χ1v) is 10.1. The highest BCUT2D eigenvalue weighted by molar-refractivity contribution is 5.95. The summed E-state index contributed by atoms with van der Waals surface area (Å²) >= 11 is 0. The number of phenolic OH excluding ortho intramolecular Hbond substituents is 2. The smallest absolute Gasteiger partial charge is 0.342 e. The van der Waals surface area contributed by atoms with Gasteiger partial charge in [0.15, 0.2) is 11.5 Å². The lowest BCUT2D eigenvalue weighted by Crippen LogP contribution is -2.60. The summed E-state index contributed by atoms with van der Waals surface area (Å²) in [5, 5.41) is 59.7. The highest BCUT2D eigenvalue weighted by Crippen LogP contribution is 2.40. The number of fused-ring (bicyclic) bond motifs is 1. The van der Waals surface area contributed by atoms with Gasteiger partial charge in [-0.1, -0.05) is 6.07 Å². The molecule has 2 aromatic carbocycles. The maximum absolute atomic E-state index is 12.9. The first kappa shape index (κ1) is 23.1. The van der Waals surface area contributed by atoms with Crippen molar-refractivity contribution in [1.29, 1.82) is 0 Å². The maximum atomic E-state index is 12.9. The number of rotatable bonds is 5. The molecule has 0 amide bonds. The normalized spacial score (nSPS) is 29.2. The molecule has 0 bridgehead atoms. The monoisotopic (exact) mass is 464 g/mol. The summed E-state index contributed by atoms with van der Waals surface area (Å²) < 4.78 is 21.4. The van der Waals surface area contributed by atoms with E-state index in [2.05, 4.69) is 0 Å². The number of hydrogen-bond donors (Lipinski definition) is 6. The van der Waals surface area contributed by atoms with Crippen LogP contribution in [-0.2, 0) is 15.9 Å². The van der Waals surface area contributed by atoms with Crippen molar-refractivity contribution in [1.82, 2.24) is 0 Å². The molecule has 0 spiro atoms. The molecule has 1 fully saturated rings. The topological polar surface area (TPSA) is 175 Å². The van der Waals surface area contributed by atoms with E-state index in [0.717, 1.165) is 6.07 Å². The second kappa shape index (κ2) is 9.04. The zero-order chi connectivity index (χ0) is 23.9. The Balaban J connectivity index is 1.63. The lowest BCUT2D eigenvalue weighted by molar-refractivity contribution is -0.277. The van der Waals surface area contributed by atoms with Crippen LogP contribution in [0.1, 0.15) is 27.6 Å². The van der Waals surface area contributed by atoms with Gasteiger partial charge < -0.3 is 49.6 Å². The summed E-state index contributed by atoms with van der Waals surface area (Å²) in [5.74, 6) is -1.06. The highest BCUT2D eigenvalue weighted by atomic mass is 16.7. The number of aliphatic hydroxyl groups excluding tert-OH is 4. The molecule has 2 heterocycles. The van der Waals surface area contributed by atoms with Crippen LogP contribution >= 0.6 is 0 Å². The van der Waals surface area contributed by atoms with E-state index in [1.807, 2.05) is 0 Å². The van der Waals surface area contributed by atoms with Crippen molar-refractivity contribution < 1.29 is 54.4 Å². The molecule has 178 valence electrons. The molecule has 0 aliphatic carbocycles. The first-order valence-electron chi connectivity index (χ1n) is 10.1. The largest absolute Gasteiger partial charge is 0.508 e. The summed E-state index contributed by atoms with van der Waals surface area (Å²) in [6.45, 7) is -0.651. The Kier molecular flexibility index (Phi) is 6.32. The molecule has 2 aliphatic rings. The van der Waals surface area contributed by atoms with Gasteiger partial charge >= 0.3 is 5.97 Å². The minimum Gasteiger partial charge on any atom is -0.508 e. The van der Waals surface area contributed by atoms with Crippen LogP contribution in [0, 0.1) is 0 Å². The highest BCUT2D eigenvalue weighted by Gasteiger charge is 2.45. The van der Waals surface area contributed by atoms with Crippen molar-refractivity contribution in [3.8, 4) is 23.0 Å². The number of ether oxygens (including phenoxy) is 4. The lowest BCUT2D eigenvalue weighted by Gasteiger charge is -2.40. The summed E-state index contributed by atoms with van der Waals surface area (Å²) in [7, 11) is 1.41. The molecule has 0 radical (unpaired) electrons. The molecule has 6 atom stereocenters. The summed E-state index contributed by atoms with van der Waals surface area (Å²) in [5.41, 5.74) is 0.872. The van der Waals surface area contributed by atoms with Crippen molar-refractivity contribution in [2.24, 2.45) is 0 Å². The Labute approximate surface area is 188 Å². The third-order valence-electron chi connectivity index (χ3n) is 5.69.